The Morgan fingerprint density at radius 1 is 1.15 bits per heavy atom. The fraction of sp³-hybridized carbons (Fsp3) is 0.167. The number of nitrogens with one attached hydrogen (secondary N) is 1. The van der Waals surface area contributed by atoms with Gasteiger partial charge in [0.2, 0.25) is 11.6 Å². The summed E-state index contributed by atoms with van der Waals surface area (Å²) in [5, 5.41) is 14.7. The lowest BCUT2D eigenvalue weighted by Gasteiger charge is -2.22. The molecule has 26 heavy (non-hydrogen) atoms. The average molecular weight is 350 g/mol. The summed E-state index contributed by atoms with van der Waals surface area (Å²) in [7, 11) is 0. The van der Waals surface area contributed by atoms with Crippen LogP contribution in [0.25, 0.3) is 0 Å². The number of pyridine rings is 1. The molecule has 0 spiro atoms. The molecule has 0 saturated carbocycles. The van der Waals surface area contributed by atoms with Crippen molar-refractivity contribution < 1.29 is 4.92 Å². The number of aryl methyl sites for hydroxylation is 1. The van der Waals surface area contributed by atoms with Gasteiger partial charge in [-0.2, -0.15) is 0 Å². The minimum atomic E-state index is -0.473. The van der Waals surface area contributed by atoms with Gasteiger partial charge in [-0.3, -0.25) is 10.1 Å². The molecule has 0 aliphatic carbocycles. The molecule has 132 valence electrons. The molecule has 0 aliphatic rings. The Bertz CT molecular complexity index is 917. The molecule has 3 aromatic rings. The van der Waals surface area contributed by atoms with Crippen molar-refractivity contribution in [2.45, 2.75) is 13.8 Å². The molecule has 0 radical (unpaired) electrons. The van der Waals surface area contributed by atoms with Crippen molar-refractivity contribution in [3.8, 4) is 0 Å². The topological polar surface area (TPSA) is 97.1 Å². The van der Waals surface area contributed by atoms with Gasteiger partial charge >= 0.3 is 5.69 Å². The van der Waals surface area contributed by atoms with Gasteiger partial charge in [-0.05, 0) is 43.7 Å². The number of para-hydroxylation sites is 1. The Balaban J connectivity index is 2.07. The highest BCUT2D eigenvalue weighted by Crippen LogP contribution is 2.36. The van der Waals surface area contributed by atoms with Gasteiger partial charge in [-0.25, -0.2) is 15.0 Å². The highest BCUT2D eigenvalue weighted by atomic mass is 16.6. The second kappa shape index (κ2) is 7.56. The number of aromatic nitrogens is 3. The lowest BCUT2D eigenvalue weighted by atomic mass is 10.2. The zero-order valence-corrected chi connectivity index (χ0v) is 14.5. The third kappa shape index (κ3) is 3.59. The SMILES string of the molecule is CCN(c1ccccc1)c1ncnc(Nc2cc(C)ccn2)c1[N+](=O)[O-]. The van der Waals surface area contributed by atoms with Crippen LogP contribution in [0.3, 0.4) is 0 Å². The molecule has 8 nitrogen and oxygen atoms in total. The molecule has 1 N–H and O–H groups in total. The summed E-state index contributed by atoms with van der Waals surface area (Å²) in [5.74, 6) is 0.821. The molecule has 3 rings (SSSR count). The first kappa shape index (κ1) is 17.3. The molecule has 1 aromatic carbocycles. The number of hydrogen-bond acceptors (Lipinski definition) is 7. The van der Waals surface area contributed by atoms with E-state index < -0.39 is 4.92 Å². The Morgan fingerprint density at radius 3 is 2.58 bits per heavy atom. The molecule has 0 atom stereocenters. The smallest absolute Gasteiger partial charge is 0.321 e. The van der Waals surface area contributed by atoms with Gasteiger partial charge in [0.15, 0.2) is 0 Å². The molecule has 0 unspecified atom stereocenters. The fourth-order valence-electron chi connectivity index (χ4n) is 2.62. The number of hydrogen-bond donors (Lipinski definition) is 1. The molecule has 2 aromatic heterocycles. The summed E-state index contributed by atoms with van der Waals surface area (Å²) in [6.07, 6.45) is 2.94. The van der Waals surface area contributed by atoms with E-state index in [0.717, 1.165) is 11.3 Å². The van der Waals surface area contributed by atoms with Crippen LogP contribution in [0.4, 0.5) is 28.8 Å². The summed E-state index contributed by atoms with van der Waals surface area (Å²) >= 11 is 0. The molecule has 0 saturated heterocycles. The van der Waals surface area contributed by atoms with Crippen LogP contribution in [0.1, 0.15) is 12.5 Å². The maximum atomic E-state index is 11.8. The summed E-state index contributed by atoms with van der Waals surface area (Å²) in [6.45, 7) is 4.35. The second-order valence-electron chi connectivity index (χ2n) is 5.57. The van der Waals surface area contributed by atoms with Gasteiger partial charge in [0, 0.05) is 18.4 Å². The lowest BCUT2D eigenvalue weighted by Crippen LogP contribution is -2.19. The van der Waals surface area contributed by atoms with E-state index in [2.05, 4.69) is 20.3 Å². The van der Waals surface area contributed by atoms with E-state index in [1.807, 2.05) is 50.2 Å². The van der Waals surface area contributed by atoms with Crippen LogP contribution >= 0.6 is 0 Å². The largest absolute Gasteiger partial charge is 0.354 e. The Labute approximate surface area is 150 Å². The molecular weight excluding hydrogens is 332 g/mol. The maximum absolute atomic E-state index is 11.8. The van der Waals surface area contributed by atoms with Crippen molar-refractivity contribution in [3.63, 3.8) is 0 Å². The van der Waals surface area contributed by atoms with Crippen molar-refractivity contribution in [1.29, 1.82) is 0 Å². The minimum absolute atomic E-state index is 0.104. The van der Waals surface area contributed by atoms with Crippen LogP contribution in [-0.2, 0) is 0 Å². The van der Waals surface area contributed by atoms with Crippen molar-refractivity contribution >= 4 is 28.8 Å². The molecule has 2 heterocycles. The van der Waals surface area contributed by atoms with Gasteiger partial charge in [-0.15, -0.1) is 0 Å². The van der Waals surface area contributed by atoms with Gasteiger partial charge < -0.3 is 10.2 Å². The van der Waals surface area contributed by atoms with Crippen molar-refractivity contribution in [1.82, 2.24) is 15.0 Å². The first-order chi connectivity index (χ1) is 12.6. The van der Waals surface area contributed by atoms with Crippen LogP contribution in [0.15, 0.2) is 55.0 Å². The monoisotopic (exact) mass is 350 g/mol. The van der Waals surface area contributed by atoms with Crippen molar-refractivity contribution in [2.24, 2.45) is 0 Å². The number of benzene rings is 1. The van der Waals surface area contributed by atoms with Gasteiger partial charge in [0.05, 0.1) is 4.92 Å². The molecular formula is C18H18N6O2. The molecule has 0 aliphatic heterocycles. The van der Waals surface area contributed by atoms with Gasteiger partial charge in [0.1, 0.15) is 12.1 Å². The third-order valence-corrected chi connectivity index (χ3v) is 3.79. The van der Waals surface area contributed by atoms with E-state index in [9.17, 15) is 10.1 Å². The number of rotatable bonds is 6. The second-order valence-corrected chi connectivity index (χ2v) is 5.57. The number of nitrogens with zero attached hydrogens (tertiary/aromatic N) is 5. The first-order valence-electron chi connectivity index (χ1n) is 8.11. The summed E-state index contributed by atoms with van der Waals surface area (Å²) in [4.78, 5) is 25.5. The van der Waals surface area contributed by atoms with Gasteiger partial charge in [-0.1, -0.05) is 18.2 Å². The van der Waals surface area contributed by atoms with Crippen LogP contribution in [0, 0.1) is 17.0 Å². The molecule has 0 bridgehead atoms. The van der Waals surface area contributed by atoms with E-state index in [1.54, 1.807) is 17.2 Å². The predicted molar refractivity (Wildman–Crippen MR) is 100 cm³/mol. The van der Waals surface area contributed by atoms with E-state index in [-0.39, 0.29) is 17.3 Å². The molecule has 0 fully saturated rings. The Kier molecular flexibility index (Phi) is 5.02. The predicted octanol–water partition coefficient (Wildman–Crippen LogP) is 3.99. The van der Waals surface area contributed by atoms with Crippen LogP contribution in [-0.4, -0.2) is 26.4 Å². The highest BCUT2D eigenvalue weighted by Gasteiger charge is 2.27. The zero-order chi connectivity index (χ0) is 18.5. The quantitative estimate of drug-likeness (QED) is 0.530. The van der Waals surface area contributed by atoms with Gasteiger partial charge in [0.25, 0.3) is 0 Å². The fourth-order valence-corrected chi connectivity index (χ4v) is 2.62. The van der Waals surface area contributed by atoms with E-state index in [4.69, 9.17) is 0 Å². The summed E-state index contributed by atoms with van der Waals surface area (Å²) in [5.41, 5.74) is 1.61. The molecule has 8 heteroatoms. The number of anilines is 4. The summed E-state index contributed by atoms with van der Waals surface area (Å²) in [6, 6.07) is 13.0. The van der Waals surface area contributed by atoms with Crippen molar-refractivity contribution in [3.05, 3.63) is 70.7 Å². The van der Waals surface area contributed by atoms with E-state index in [1.165, 1.54) is 6.33 Å². The van der Waals surface area contributed by atoms with E-state index in [0.29, 0.717) is 12.4 Å². The lowest BCUT2D eigenvalue weighted by molar-refractivity contribution is -0.383. The van der Waals surface area contributed by atoms with Crippen molar-refractivity contribution in [2.75, 3.05) is 16.8 Å². The minimum Gasteiger partial charge on any atom is -0.321 e. The standard InChI is InChI=1S/C18H18N6O2/c1-3-23(14-7-5-4-6-8-14)18-16(24(25)26)17(20-12-21-18)22-15-11-13(2)9-10-19-15/h4-12H,3H2,1-2H3,(H,19,20,21,22). The highest BCUT2D eigenvalue weighted by molar-refractivity contribution is 5.77. The first-order valence-corrected chi connectivity index (χ1v) is 8.11. The van der Waals surface area contributed by atoms with E-state index >= 15 is 0 Å². The van der Waals surface area contributed by atoms with Crippen LogP contribution in [0.2, 0.25) is 0 Å². The zero-order valence-electron chi connectivity index (χ0n) is 14.5. The summed E-state index contributed by atoms with van der Waals surface area (Å²) < 4.78 is 0. The normalized spacial score (nSPS) is 10.4. The maximum Gasteiger partial charge on any atom is 0.354 e. The van der Waals surface area contributed by atoms with Crippen LogP contribution in [0.5, 0.6) is 0 Å². The Hall–Kier alpha value is -3.55. The average Bonchev–Trinajstić information content (AvgIpc) is 2.63. The Morgan fingerprint density at radius 2 is 1.92 bits per heavy atom. The number of nitro groups is 1. The van der Waals surface area contributed by atoms with Crippen LogP contribution < -0.4 is 10.2 Å². The third-order valence-electron chi connectivity index (χ3n) is 3.79. The molecule has 0 amide bonds.